The standard InChI is InChI=1S/C31H44O6/c1-9-33-20-35-27-21(3)22(4)28-26(23(27)5)17-19-31(8,37-28)18-11-12-24-13-15-25(16-14-24)36-30(6,7)29(32)34-10-2/h13-16H,9-12,17-20H2,1-8H3. The number of fused-ring (bicyclic) bond motifs is 1. The summed E-state index contributed by atoms with van der Waals surface area (Å²) in [5.74, 6) is 2.25. The molecule has 0 aromatic heterocycles. The van der Waals surface area contributed by atoms with Crippen LogP contribution in [0.15, 0.2) is 24.3 Å². The van der Waals surface area contributed by atoms with Gasteiger partial charge in [0.2, 0.25) is 0 Å². The molecule has 0 aliphatic carbocycles. The highest BCUT2D eigenvalue weighted by molar-refractivity contribution is 5.79. The zero-order chi connectivity index (χ0) is 27.2. The number of aryl methyl sites for hydroxylation is 1. The molecule has 1 unspecified atom stereocenters. The van der Waals surface area contributed by atoms with Crippen LogP contribution in [0.3, 0.4) is 0 Å². The summed E-state index contributed by atoms with van der Waals surface area (Å²) >= 11 is 0. The molecule has 1 atom stereocenters. The van der Waals surface area contributed by atoms with Crippen molar-refractivity contribution in [3.8, 4) is 17.2 Å². The van der Waals surface area contributed by atoms with Gasteiger partial charge < -0.3 is 23.7 Å². The molecule has 1 aliphatic heterocycles. The van der Waals surface area contributed by atoms with Crippen LogP contribution in [-0.2, 0) is 27.1 Å². The maximum absolute atomic E-state index is 12.1. The first-order chi connectivity index (χ1) is 17.5. The number of hydrogen-bond acceptors (Lipinski definition) is 6. The number of esters is 1. The van der Waals surface area contributed by atoms with Crippen LogP contribution in [0.1, 0.15) is 81.7 Å². The molecule has 0 radical (unpaired) electrons. The Balaban J connectivity index is 1.60. The SMILES string of the molecule is CCOCOc1c(C)c(C)c2c(c1C)CCC(C)(CCCc1ccc(OC(C)(C)C(=O)OCC)cc1)O2. The van der Waals surface area contributed by atoms with Gasteiger partial charge >= 0.3 is 5.97 Å². The van der Waals surface area contributed by atoms with Crippen molar-refractivity contribution in [2.24, 2.45) is 0 Å². The highest BCUT2D eigenvalue weighted by Crippen LogP contribution is 2.44. The van der Waals surface area contributed by atoms with Gasteiger partial charge in [-0.1, -0.05) is 12.1 Å². The van der Waals surface area contributed by atoms with Crippen LogP contribution in [0.4, 0.5) is 0 Å². The Hall–Kier alpha value is -2.73. The minimum absolute atomic E-state index is 0.197. The maximum Gasteiger partial charge on any atom is 0.349 e. The lowest BCUT2D eigenvalue weighted by molar-refractivity contribution is -0.158. The predicted octanol–water partition coefficient (Wildman–Crippen LogP) is 6.81. The Kier molecular flexibility index (Phi) is 9.51. The Bertz CT molecular complexity index is 1070. The predicted molar refractivity (Wildman–Crippen MR) is 146 cm³/mol. The molecule has 2 aromatic rings. The summed E-state index contributed by atoms with van der Waals surface area (Å²) in [4.78, 5) is 12.1. The van der Waals surface area contributed by atoms with Crippen molar-refractivity contribution in [2.45, 2.75) is 98.7 Å². The van der Waals surface area contributed by atoms with E-state index in [2.05, 4.69) is 39.8 Å². The molecule has 1 aliphatic rings. The van der Waals surface area contributed by atoms with Crippen molar-refractivity contribution in [2.75, 3.05) is 20.0 Å². The van der Waals surface area contributed by atoms with Gasteiger partial charge in [0.05, 0.1) is 6.61 Å². The van der Waals surface area contributed by atoms with E-state index < -0.39 is 5.60 Å². The third kappa shape index (κ3) is 6.98. The van der Waals surface area contributed by atoms with Crippen LogP contribution in [0.2, 0.25) is 0 Å². The molecule has 0 spiro atoms. The first kappa shape index (κ1) is 28.8. The Morgan fingerprint density at radius 2 is 1.73 bits per heavy atom. The Morgan fingerprint density at radius 3 is 2.38 bits per heavy atom. The van der Waals surface area contributed by atoms with Crippen LogP contribution >= 0.6 is 0 Å². The van der Waals surface area contributed by atoms with Crippen molar-refractivity contribution in [1.82, 2.24) is 0 Å². The molecule has 0 N–H and O–H groups in total. The molecule has 0 saturated heterocycles. The molecule has 6 nitrogen and oxygen atoms in total. The fourth-order valence-corrected chi connectivity index (χ4v) is 4.89. The lowest BCUT2D eigenvalue weighted by Gasteiger charge is -2.38. The molecule has 0 amide bonds. The lowest BCUT2D eigenvalue weighted by atomic mass is 9.84. The van der Waals surface area contributed by atoms with Crippen LogP contribution in [0.25, 0.3) is 0 Å². The summed E-state index contributed by atoms with van der Waals surface area (Å²) in [6, 6.07) is 7.98. The largest absolute Gasteiger partial charge is 0.487 e. The summed E-state index contributed by atoms with van der Waals surface area (Å²) in [6.45, 7) is 17.0. The second-order valence-electron chi connectivity index (χ2n) is 10.6. The number of rotatable bonds is 12. The molecular formula is C31H44O6. The van der Waals surface area contributed by atoms with Crippen molar-refractivity contribution >= 4 is 5.97 Å². The van der Waals surface area contributed by atoms with E-state index in [-0.39, 0.29) is 18.4 Å². The quantitative estimate of drug-likeness (QED) is 0.177. The van der Waals surface area contributed by atoms with Gasteiger partial charge in [-0.05, 0) is 122 Å². The van der Waals surface area contributed by atoms with Gasteiger partial charge in [-0.2, -0.15) is 0 Å². The van der Waals surface area contributed by atoms with Gasteiger partial charge in [0, 0.05) is 12.2 Å². The number of ether oxygens (including phenoxy) is 5. The van der Waals surface area contributed by atoms with E-state index in [0.29, 0.717) is 19.0 Å². The van der Waals surface area contributed by atoms with E-state index in [0.717, 1.165) is 60.3 Å². The zero-order valence-electron chi connectivity index (χ0n) is 23.9. The average molecular weight is 513 g/mol. The molecule has 3 rings (SSSR count). The van der Waals surface area contributed by atoms with E-state index in [9.17, 15) is 4.79 Å². The van der Waals surface area contributed by atoms with Crippen LogP contribution < -0.4 is 14.2 Å². The van der Waals surface area contributed by atoms with Gasteiger partial charge in [0.15, 0.2) is 12.4 Å². The van der Waals surface area contributed by atoms with E-state index in [1.807, 2.05) is 19.1 Å². The van der Waals surface area contributed by atoms with E-state index in [1.54, 1.807) is 20.8 Å². The van der Waals surface area contributed by atoms with E-state index in [4.69, 9.17) is 23.7 Å². The van der Waals surface area contributed by atoms with Gasteiger partial charge in [0.25, 0.3) is 0 Å². The molecule has 0 bridgehead atoms. The van der Waals surface area contributed by atoms with Gasteiger partial charge in [0.1, 0.15) is 22.8 Å². The van der Waals surface area contributed by atoms with Gasteiger partial charge in [-0.15, -0.1) is 0 Å². The van der Waals surface area contributed by atoms with Crippen molar-refractivity contribution in [3.63, 3.8) is 0 Å². The summed E-state index contributed by atoms with van der Waals surface area (Å²) in [5.41, 5.74) is 4.71. The van der Waals surface area contributed by atoms with E-state index >= 15 is 0 Å². The van der Waals surface area contributed by atoms with Crippen molar-refractivity contribution in [1.29, 1.82) is 0 Å². The summed E-state index contributed by atoms with van der Waals surface area (Å²) in [5, 5.41) is 0. The zero-order valence-corrected chi connectivity index (χ0v) is 23.9. The summed E-state index contributed by atoms with van der Waals surface area (Å²) in [6.07, 6.45) is 4.90. The van der Waals surface area contributed by atoms with Gasteiger partial charge in [-0.25, -0.2) is 4.79 Å². The monoisotopic (exact) mass is 512 g/mol. The second-order valence-corrected chi connectivity index (χ2v) is 10.6. The summed E-state index contributed by atoms with van der Waals surface area (Å²) < 4.78 is 29.1. The fourth-order valence-electron chi connectivity index (χ4n) is 4.89. The first-order valence-corrected chi connectivity index (χ1v) is 13.5. The maximum atomic E-state index is 12.1. The van der Waals surface area contributed by atoms with Gasteiger partial charge in [-0.3, -0.25) is 0 Å². The third-order valence-corrected chi connectivity index (χ3v) is 7.29. The van der Waals surface area contributed by atoms with Crippen molar-refractivity contribution in [3.05, 3.63) is 52.1 Å². The number of hydrogen-bond donors (Lipinski definition) is 0. The highest BCUT2D eigenvalue weighted by atomic mass is 16.7. The second kappa shape index (κ2) is 12.2. The normalized spacial score (nSPS) is 17.1. The molecular weight excluding hydrogens is 468 g/mol. The average Bonchev–Trinajstić information content (AvgIpc) is 2.86. The van der Waals surface area contributed by atoms with Crippen LogP contribution in [-0.4, -0.2) is 37.2 Å². The smallest absolute Gasteiger partial charge is 0.349 e. The molecule has 2 aromatic carbocycles. The Morgan fingerprint density at radius 1 is 1.03 bits per heavy atom. The molecule has 1 heterocycles. The molecule has 204 valence electrons. The Labute approximate surface area is 222 Å². The number of carbonyl (C=O) groups is 1. The fraction of sp³-hybridized carbons (Fsp3) is 0.581. The lowest BCUT2D eigenvalue weighted by Crippen LogP contribution is -2.39. The third-order valence-electron chi connectivity index (χ3n) is 7.29. The first-order valence-electron chi connectivity index (χ1n) is 13.5. The topological polar surface area (TPSA) is 63.2 Å². The van der Waals surface area contributed by atoms with Crippen molar-refractivity contribution < 1.29 is 28.5 Å². The van der Waals surface area contributed by atoms with E-state index in [1.165, 1.54) is 11.1 Å². The molecule has 37 heavy (non-hydrogen) atoms. The molecule has 0 fully saturated rings. The number of benzene rings is 2. The van der Waals surface area contributed by atoms with Crippen LogP contribution in [0.5, 0.6) is 17.2 Å². The highest BCUT2D eigenvalue weighted by Gasteiger charge is 2.34. The van der Waals surface area contributed by atoms with Crippen LogP contribution in [0, 0.1) is 20.8 Å². The minimum Gasteiger partial charge on any atom is -0.487 e. The number of carbonyl (C=O) groups excluding carboxylic acids is 1. The minimum atomic E-state index is -1.02. The summed E-state index contributed by atoms with van der Waals surface area (Å²) in [7, 11) is 0. The molecule has 6 heteroatoms. The molecule has 0 saturated carbocycles.